The molecule has 0 unspecified atom stereocenters. The second kappa shape index (κ2) is 5.25. The number of hydrogen-bond donors (Lipinski definition) is 0. The van der Waals surface area contributed by atoms with Gasteiger partial charge in [0.2, 0.25) is 0 Å². The molecule has 0 atom stereocenters. The van der Waals surface area contributed by atoms with Crippen LogP contribution in [0.25, 0.3) is 27.7 Å². The van der Waals surface area contributed by atoms with Crippen molar-refractivity contribution in [2.24, 2.45) is 0 Å². The van der Waals surface area contributed by atoms with Crippen molar-refractivity contribution >= 4 is 22.5 Å². The monoisotopic (exact) mass is 357 g/mol. The Labute approximate surface area is 158 Å². The third kappa shape index (κ3) is 1.98. The molecule has 0 aliphatic heterocycles. The summed E-state index contributed by atoms with van der Waals surface area (Å²) in [7, 11) is 0. The van der Waals surface area contributed by atoms with Crippen molar-refractivity contribution in [3.8, 4) is 16.8 Å². The molecule has 1 aliphatic rings. The average Bonchev–Trinajstić information content (AvgIpc) is 3.07. The lowest BCUT2D eigenvalue weighted by Crippen LogP contribution is -2.19. The van der Waals surface area contributed by atoms with Crippen LogP contribution in [0.3, 0.4) is 0 Å². The molecule has 128 valence electrons. The maximum absolute atomic E-state index is 6.42. The van der Waals surface area contributed by atoms with E-state index in [1.807, 2.05) is 6.07 Å². The summed E-state index contributed by atoms with van der Waals surface area (Å²) in [6.07, 6.45) is 0. The van der Waals surface area contributed by atoms with Crippen LogP contribution in [0, 0.1) is 6.92 Å². The molecular weight excluding hydrogens is 338 g/mol. The quantitative estimate of drug-likeness (QED) is 0.349. The van der Waals surface area contributed by atoms with Crippen molar-refractivity contribution < 1.29 is 0 Å². The van der Waals surface area contributed by atoms with E-state index in [0.29, 0.717) is 0 Å². The summed E-state index contributed by atoms with van der Waals surface area (Å²) in [5.74, 6) is 0. The lowest BCUT2D eigenvalue weighted by atomic mass is 9.85. The first-order valence-electron chi connectivity index (χ1n) is 9.00. The molecule has 0 spiro atoms. The van der Waals surface area contributed by atoms with Gasteiger partial charge in [-0.3, -0.25) is 0 Å². The van der Waals surface area contributed by atoms with Crippen LogP contribution >= 0.6 is 11.6 Å². The molecular formula is C24H20ClN. The summed E-state index contributed by atoms with van der Waals surface area (Å²) in [5, 5.41) is 2.08. The second-order valence-corrected chi connectivity index (χ2v) is 8.17. The second-order valence-electron chi connectivity index (χ2n) is 7.73. The number of benzene rings is 3. The lowest BCUT2D eigenvalue weighted by molar-refractivity contribution is 0.623. The van der Waals surface area contributed by atoms with Crippen molar-refractivity contribution in [1.82, 2.24) is 4.57 Å². The number of nitrogens with zero attached hydrogens (tertiary/aromatic N) is 1. The Morgan fingerprint density at radius 3 is 2.42 bits per heavy atom. The zero-order valence-electron chi connectivity index (χ0n) is 15.2. The Hall–Kier alpha value is -2.51. The largest absolute Gasteiger partial charge is 0.312 e. The van der Waals surface area contributed by atoms with Gasteiger partial charge < -0.3 is 4.57 Å². The fraction of sp³-hybridized carbons (Fsp3) is 0.167. The van der Waals surface area contributed by atoms with Crippen molar-refractivity contribution in [3.05, 3.63) is 88.6 Å². The molecule has 4 aromatic rings. The van der Waals surface area contributed by atoms with E-state index in [4.69, 9.17) is 11.6 Å². The van der Waals surface area contributed by atoms with Crippen LogP contribution in [0.5, 0.6) is 0 Å². The van der Waals surface area contributed by atoms with Crippen LogP contribution in [-0.2, 0) is 5.41 Å². The van der Waals surface area contributed by atoms with Gasteiger partial charge in [-0.05, 0) is 47.9 Å². The molecule has 0 bridgehead atoms. The van der Waals surface area contributed by atoms with E-state index in [1.54, 1.807) is 0 Å². The number of fused-ring (bicyclic) bond motifs is 5. The van der Waals surface area contributed by atoms with Crippen molar-refractivity contribution in [3.63, 3.8) is 0 Å². The molecule has 3 aromatic carbocycles. The molecule has 0 saturated heterocycles. The van der Waals surface area contributed by atoms with Crippen LogP contribution in [0.15, 0.2) is 66.7 Å². The van der Waals surface area contributed by atoms with E-state index in [0.717, 1.165) is 10.7 Å². The first kappa shape index (κ1) is 15.7. The Balaban J connectivity index is 1.98. The fourth-order valence-electron chi connectivity index (χ4n) is 4.59. The van der Waals surface area contributed by atoms with Gasteiger partial charge in [-0.15, -0.1) is 0 Å². The van der Waals surface area contributed by atoms with Crippen molar-refractivity contribution in [1.29, 1.82) is 0 Å². The predicted octanol–water partition coefficient (Wildman–Crippen LogP) is 6.90. The summed E-state index contributed by atoms with van der Waals surface area (Å²) in [5.41, 5.74) is 8.92. The molecule has 0 saturated carbocycles. The number of halogens is 1. The number of aromatic nitrogens is 1. The van der Waals surface area contributed by atoms with Crippen LogP contribution in [-0.4, -0.2) is 4.57 Å². The minimum absolute atomic E-state index is 0.0683. The smallest absolute Gasteiger partial charge is 0.0538 e. The molecule has 1 heterocycles. The van der Waals surface area contributed by atoms with Crippen molar-refractivity contribution in [2.75, 3.05) is 0 Å². The topological polar surface area (TPSA) is 4.93 Å². The van der Waals surface area contributed by atoms with E-state index < -0.39 is 0 Å². The highest BCUT2D eigenvalue weighted by molar-refractivity contribution is 6.30. The number of rotatable bonds is 1. The highest BCUT2D eigenvalue weighted by Gasteiger charge is 2.40. The molecule has 1 aliphatic carbocycles. The molecule has 1 nitrogen and oxygen atoms in total. The fourth-order valence-corrected chi connectivity index (χ4v) is 4.88. The lowest BCUT2D eigenvalue weighted by Gasteiger charge is -2.24. The van der Waals surface area contributed by atoms with Crippen LogP contribution < -0.4 is 0 Å². The van der Waals surface area contributed by atoms with E-state index in [1.165, 1.54) is 38.9 Å². The molecule has 5 rings (SSSR count). The molecule has 26 heavy (non-hydrogen) atoms. The van der Waals surface area contributed by atoms with Gasteiger partial charge in [0.1, 0.15) is 0 Å². The highest BCUT2D eigenvalue weighted by Crippen LogP contribution is 2.53. The maximum atomic E-state index is 6.42. The summed E-state index contributed by atoms with van der Waals surface area (Å²) in [4.78, 5) is 0. The van der Waals surface area contributed by atoms with Crippen molar-refractivity contribution in [2.45, 2.75) is 26.2 Å². The van der Waals surface area contributed by atoms with Gasteiger partial charge in [0, 0.05) is 32.8 Å². The normalized spacial score (nSPS) is 14.5. The minimum Gasteiger partial charge on any atom is -0.312 e. The van der Waals surface area contributed by atoms with Gasteiger partial charge in [-0.2, -0.15) is 0 Å². The van der Waals surface area contributed by atoms with Gasteiger partial charge in [0.25, 0.3) is 0 Å². The minimum atomic E-state index is -0.0683. The van der Waals surface area contributed by atoms with E-state index in [2.05, 4.69) is 86.0 Å². The summed E-state index contributed by atoms with van der Waals surface area (Å²) in [6.45, 7) is 6.75. The molecule has 0 amide bonds. The molecule has 1 aromatic heterocycles. The molecule has 0 radical (unpaired) electrons. The molecule has 0 fully saturated rings. The number of para-hydroxylation sites is 1. The van der Waals surface area contributed by atoms with E-state index in [-0.39, 0.29) is 5.41 Å². The predicted molar refractivity (Wildman–Crippen MR) is 111 cm³/mol. The Morgan fingerprint density at radius 2 is 1.62 bits per heavy atom. The summed E-state index contributed by atoms with van der Waals surface area (Å²) >= 11 is 6.42. The van der Waals surface area contributed by atoms with Crippen LogP contribution in [0.4, 0.5) is 0 Å². The third-order valence-electron chi connectivity index (χ3n) is 5.62. The van der Waals surface area contributed by atoms with E-state index >= 15 is 0 Å². The van der Waals surface area contributed by atoms with Gasteiger partial charge >= 0.3 is 0 Å². The highest BCUT2D eigenvalue weighted by atomic mass is 35.5. The molecule has 2 heteroatoms. The van der Waals surface area contributed by atoms with E-state index in [9.17, 15) is 0 Å². The number of hydrogen-bond acceptors (Lipinski definition) is 0. The third-order valence-corrected chi connectivity index (χ3v) is 5.84. The first-order valence-corrected chi connectivity index (χ1v) is 9.37. The Bertz CT molecular complexity index is 1160. The Morgan fingerprint density at radius 1 is 0.885 bits per heavy atom. The maximum Gasteiger partial charge on any atom is 0.0538 e. The molecule has 0 N–H and O–H groups in total. The SMILES string of the molecule is Cc1cc(Cl)cc(-n2c3c(c4ccccc42)-c2ccccc2C3(C)C)c1. The first-order chi connectivity index (χ1) is 12.5. The zero-order chi connectivity index (χ0) is 18.1. The Kier molecular flexibility index (Phi) is 3.17. The standard InChI is InChI=1S/C24H20ClN/c1-15-12-16(25)14-17(13-15)26-21-11-7-5-9-19(21)22-18-8-4-6-10-20(18)24(2,3)23(22)26/h4-14H,1-3H3. The van der Waals surface area contributed by atoms with Crippen LogP contribution in [0.2, 0.25) is 5.02 Å². The summed E-state index contributed by atoms with van der Waals surface area (Å²) < 4.78 is 2.41. The van der Waals surface area contributed by atoms with Gasteiger partial charge in [0.15, 0.2) is 0 Å². The van der Waals surface area contributed by atoms with Gasteiger partial charge in [-0.25, -0.2) is 0 Å². The summed E-state index contributed by atoms with van der Waals surface area (Å²) in [6, 6.07) is 23.8. The number of aryl methyl sites for hydroxylation is 1. The average molecular weight is 358 g/mol. The van der Waals surface area contributed by atoms with Crippen LogP contribution in [0.1, 0.15) is 30.7 Å². The zero-order valence-corrected chi connectivity index (χ0v) is 15.9. The van der Waals surface area contributed by atoms with Gasteiger partial charge in [-0.1, -0.05) is 67.9 Å². The van der Waals surface area contributed by atoms with Gasteiger partial charge in [0.05, 0.1) is 5.52 Å².